The first-order valence-electron chi connectivity index (χ1n) is 5.60. The van der Waals surface area contributed by atoms with Crippen LogP contribution in [0, 0.1) is 6.92 Å². The average molecular weight is 235 g/mol. The van der Waals surface area contributed by atoms with Crippen LogP contribution in [0.4, 0.5) is 0 Å². The van der Waals surface area contributed by atoms with E-state index >= 15 is 0 Å². The first-order chi connectivity index (χ1) is 8.02. The molecule has 0 aromatic heterocycles. The van der Waals surface area contributed by atoms with Gasteiger partial charge in [0.1, 0.15) is 6.04 Å². The van der Waals surface area contributed by atoms with Crippen molar-refractivity contribution < 1.29 is 14.7 Å². The smallest absolute Gasteiger partial charge is 0.326 e. The molecular weight excluding hydrogens is 218 g/mol. The Morgan fingerprint density at radius 3 is 2.35 bits per heavy atom. The van der Waals surface area contributed by atoms with Gasteiger partial charge in [-0.3, -0.25) is 4.79 Å². The predicted molar refractivity (Wildman–Crippen MR) is 64.7 cm³/mol. The zero-order chi connectivity index (χ0) is 12.8. The Morgan fingerprint density at radius 1 is 1.29 bits per heavy atom. The van der Waals surface area contributed by atoms with Crippen LogP contribution >= 0.6 is 0 Å². The molecule has 0 radical (unpaired) electrons. The first-order valence-corrected chi connectivity index (χ1v) is 5.60. The van der Waals surface area contributed by atoms with Gasteiger partial charge in [0.25, 0.3) is 0 Å². The topological polar surface area (TPSA) is 66.4 Å². The third-order valence-corrected chi connectivity index (χ3v) is 2.51. The second-order valence-corrected chi connectivity index (χ2v) is 4.00. The number of nitrogens with one attached hydrogen (secondary N) is 1. The number of carboxylic acid groups (broad SMARTS) is 1. The van der Waals surface area contributed by atoms with Crippen molar-refractivity contribution in [3.8, 4) is 0 Å². The fraction of sp³-hybridized carbons (Fsp3) is 0.385. The van der Waals surface area contributed by atoms with E-state index < -0.39 is 12.0 Å². The summed E-state index contributed by atoms with van der Waals surface area (Å²) in [6, 6.07) is 6.75. The van der Waals surface area contributed by atoms with Crippen LogP contribution in [-0.2, 0) is 16.0 Å². The van der Waals surface area contributed by atoms with Crippen molar-refractivity contribution >= 4 is 11.9 Å². The average Bonchev–Trinajstić information content (AvgIpc) is 2.30. The van der Waals surface area contributed by atoms with Gasteiger partial charge in [-0.1, -0.05) is 36.8 Å². The molecule has 0 heterocycles. The maximum Gasteiger partial charge on any atom is 0.326 e. The number of carboxylic acids is 1. The minimum Gasteiger partial charge on any atom is -0.480 e. The highest BCUT2D eigenvalue weighted by Gasteiger charge is 2.19. The highest BCUT2D eigenvalue weighted by atomic mass is 16.4. The van der Waals surface area contributed by atoms with Crippen molar-refractivity contribution in [3.05, 3.63) is 35.4 Å². The van der Waals surface area contributed by atoms with E-state index in [1.54, 1.807) is 6.92 Å². The molecule has 0 bridgehead atoms. The first kappa shape index (κ1) is 13.2. The lowest BCUT2D eigenvalue weighted by atomic mass is 10.0. The van der Waals surface area contributed by atoms with E-state index in [9.17, 15) is 9.59 Å². The van der Waals surface area contributed by atoms with Crippen molar-refractivity contribution in [1.82, 2.24) is 5.32 Å². The van der Waals surface area contributed by atoms with Gasteiger partial charge in [0, 0.05) is 12.8 Å². The van der Waals surface area contributed by atoms with E-state index in [0.717, 1.165) is 11.1 Å². The lowest BCUT2D eigenvalue weighted by Gasteiger charge is -2.14. The Bertz CT molecular complexity index is 398. The molecule has 0 aliphatic carbocycles. The maximum atomic E-state index is 11.2. The van der Waals surface area contributed by atoms with E-state index in [1.807, 2.05) is 31.2 Å². The van der Waals surface area contributed by atoms with Gasteiger partial charge in [-0.2, -0.15) is 0 Å². The van der Waals surface area contributed by atoms with Crippen molar-refractivity contribution in [2.24, 2.45) is 0 Å². The molecule has 2 N–H and O–H groups in total. The molecule has 1 amide bonds. The van der Waals surface area contributed by atoms with Gasteiger partial charge < -0.3 is 10.4 Å². The summed E-state index contributed by atoms with van der Waals surface area (Å²) in [6.07, 6.45) is 0.596. The summed E-state index contributed by atoms with van der Waals surface area (Å²) < 4.78 is 0. The number of amides is 1. The summed E-state index contributed by atoms with van der Waals surface area (Å²) in [7, 11) is 0. The minimum absolute atomic E-state index is 0.246. The SMILES string of the molecule is CCC(=O)N[C@H](Cc1ccc(C)cc1)C(=O)O. The fourth-order valence-electron chi connectivity index (χ4n) is 1.46. The lowest BCUT2D eigenvalue weighted by Crippen LogP contribution is -2.42. The highest BCUT2D eigenvalue weighted by molar-refractivity contribution is 5.83. The molecule has 0 aliphatic heterocycles. The van der Waals surface area contributed by atoms with Crippen molar-refractivity contribution in [2.75, 3.05) is 0 Å². The number of hydrogen-bond acceptors (Lipinski definition) is 2. The highest BCUT2D eigenvalue weighted by Crippen LogP contribution is 2.06. The van der Waals surface area contributed by atoms with Gasteiger partial charge in [-0.25, -0.2) is 4.79 Å². The molecule has 1 aromatic rings. The Labute approximate surface area is 101 Å². The van der Waals surface area contributed by atoms with E-state index in [1.165, 1.54) is 0 Å². The third kappa shape index (κ3) is 4.26. The number of rotatable bonds is 5. The van der Waals surface area contributed by atoms with Crippen LogP contribution in [0.2, 0.25) is 0 Å². The number of aryl methyl sites for hydroxylation is 1. The molecule has 1 atom stereocenters. The number of hydrogen-bond donors (Lipinski definition) is 2. The Hall–Kier alpha value is -1.84. The minimum atomic E-state index is -1.01. The second kappa shape index (κ2) is 6.03. The quantitative estimate of drug-likeness (QED) is 0.813. The van der Waals surface area contributed by atoms with E-state index in [0.29, 0.717) is 6.42 Å². The summed E-state index contributed by atoms with van der Waals surface area (Å²) in [5, 5.41) is 11.5. The summed E-state index contributed by atoms with van der Waals surface area (Å²) in [6.45, 7) is 3.66. The molecule has 0 fully saturated rings. The second-order valence-electron chi connectivity index (χ2n) is 4.00. The van der Waals surface area contributed by atoms with Crippen LogP contribution < -0.4 is 5.32 Å². The molecule has 1 aromatic carbocycles. The Balaban J connectivity index is 2.70. The standard InChI is InChI=1S/C13H17NO3/c1-3-12(15)14-11(13(16)17)8-10-6-4-9(2)5-7-10/h4-7,11H,3,8H2,1-2H3,(H,14,15)(H,16,17)/t11-/m1/s1. The van der Waals surface area contributed by atoms with Gasteiger partial charge >= 0.3 is 5.97 Å². The number of carbonyl (C=O) groups excluding carboxylic acids is 1. The molecule has 0 saturated carbocycles. The van der Waals surface area contributed by atoms with Crippen LogP contribution in [0.3, 0.4) is 0 Å². The van der Waals surface area contributed by atoms with E-state index in [4.69, 9.17) is 5.11 Å². The summed E-state index contributed by atoms with van der Waals surface area (Å²) in [5.74, 6) is -1.25. The fourth-order valence-corrected chi connectivity index (χ4v) is 1.46. The number of carbonyl (C=O) groups is 2. The zero-order valence-corrected chi connectivity index (χ0v) is 10.1. The van der Waals surface area contributed by atoms with Crippen LogP contribution in [0.25, 0.3) is 0 Å². The Kier molecular flexibility index (Phi) is 4.69. The van der Waals surface area contributed by atoms with Crippen LogP contribution in [0.1, 0.15) is 24.5 Å². The van der Waals surface area contributed by atoms with Crippen LogP contribution in [0.15, 0.2) is 24.3 Å². The van der Waals surface area contributed by atoms with E-state index in [2.05, 4.69) is 5.32 Å². The molecule has 0 saturated heterocycles. The zero-order valence-electron chi connectivity index (χ0n) is 10.1. The largest absolute Gasteiger partial charge is 0.480 e. The molecule has 4 heteroatoms. The van der Waals surface area contributed by atoms with Crippen molar-refractivity contribution in [3.63, 3.8) is 0 Å². The molecule has 92 valence electrons. The number of benzene rings is 1. The molecule has 1 rings (SSSR count). The predicted octanol–water partition coefficient (Wildman–Crippen LogP) is 1.52. The normalized spacial score (nSPS) is 11.9. The van der Waals surface area contributed by atoms with Gasteiger partial charge in [-0.05, 0) is 12.5 Å². The van der Waals surface area contributed by atoms with Gasteiger partial charge in [0.2, 0.25) is 5.91 Å². The maximum absolute atomic E-state index is 11.2. The number of aliphatic carboxylic acids is 1. The summed E-state index contributed by atoms with van der Waals surface area (Å²) >= 11 is 0. The van der Waals surface area contributed by atoms with Crippen molar-refractivity contribution in [1.29, 1.82) is 0 Å². The molecular formula is C13H17NO3. The Morgan fingerprint density at radius 2 is 1.88 bits per heavy atom. The van der Waals surface area contributed by atoms with Gasteiger partial charge in [0.15, 0.2) is 0 Å². The summed E-state index contributed by atoms with van der Waals surface area (Å²) in [5.41, 5.74) is 2.03. The van der Waals surface area contributed by atoms with Crippen LogP contribution in [0.5, 0.6) is 0 Å². The molecule has 4 nitrogen and oxygen atoms in total. The molecule has 17 heavy (non-hydrogen) atoms. The lowest BCUT2D eigenvalue weighted by molar-refractivity contribution is -0.141. The van der Waals surface area contributed by atoms with Crippen molar-refractivity contribution in [2.45, 2.75) is 32.7 Å². The molecule has 0 aliphatic rings. The third-order valence-electron chi connectivity index (χ3n) is 2.51. The monoisotopic (exact) mass is 235 g/mol. The summed E-state index contributed by atoms with van der Waals surface area (Å²) in [4.78, 5) is 22.2. The molecule has 0 spiro atoms. The van der Waals surface area contributed by atoms with Gasteiger partial charge in [0.05, 0.1) is 0 Å². The van der Waals surface area contributed by atoms with E-state index in [-0.39, 0.29) is 12.3 Å². The molecule has 0 unspecified atom stereocenters. The van der Waals surface area contributed by atoms with Gasteiger partial charge in [-0.15, -0.1) is 0 Å². The van der Waals surface area contributed by atoms with Crippen LogP contribution in [-0.4, -0.2) is 23.0 Å².